The van der Waals surface area contributed by atoms with E-state index in [-0.39, 0.29) is 64.2 Å². The highest BCUT2D eigenvalue weighted by atomic mass is 35.5. The number of nitrogens with zero attached hydrogens (tertiary/aromatic N) is 5. The number of ether oxygens (including phenoxy) is 1. The van der Waals surface area contributed by atoms with Gasteiger partial charge in [0.1, 0.15) is 29.0 Å². The molecular formula is C34H33ClFN5O5. The molecule has 0 spiro atoms. The Labute approximate surface area is 269 Å². The summed E-state index contributed by atoms with van der Waals surface area (Å²) in [4.78, 5) is 51.1. The number of phenols is 1. The van der Waals surface area contributed by atoms with Crippen LogP contribution in [0.25, 0.3) is 28.0 Å². The largest absolute Gasteiger partial charge is 0.507 e. The number of phenolic OH excluding ortho intramolecular Hbond substituents is 1. The van der Waals surface area contributed by atoms with Crippen molar-refractivity contribution in [2.75, 3.05) is 37.0 Å². The molecule has 238 valence electrons. The zero-order valence-corrected chi connectivity index (χ0v) is 26.8. The second-order valence-electron chi connectivity index (χ2n) is 11.8. The standard InChI is InChI=1S/C34H33ClFN5O5/c1-7-26(43)39-15-18(4)40-23(16-39)33(44)38(5)31-30(40)20-14-21(35)28(27-22(36)11-9-12-24(27)42)37-32(20)41(34(31)45)29-19(17(2)3)10-8-13-25(29)46-6/h7-14,17-18,23,42H,1,15-16H2,2-6H3/t18-,23+/m0/s1. The van der Waals surface area contributed by atoms with Crippen molar-refractivity contribution in [2.24, 2.45) is 0 Å². The minimum absolute atomic E-state index is 0.0219. The van der Waals surface area contributed by atoms with Gasteiger partial charge in [-0.15, -0.1) is 0 Å². The van der Waals surface area contributed by atoms with E-state index >= 15 is 4.39 Å². The fraction of sp³-hybridized carbons (Fsp3) is 0.294. The fourth-order valence-electron chi connectivity index (χ4n) is 6.66. The molecule has 1 fully saturated rings. The number of likely N-dealkylation sites (N-methyl/N-ethyl adjacent to an activating group) is 1. The molecule has 0 aliphatic carbocycles. The maximum Gasteiger partial charge on any atom is 0.283 e. The number of aromatic nitrogens is 2. The van der Waals surface area contributed by atoms with Crippen LogP contribution in [0.4, 0.5) is 15.8 Å². The van der Waals surface area contributed by atoms with E-state index < -0.39 is 23.5 Å². The molecule has 2 amide bonds. The molecule has 0 radical (unpaired) electrons. The minimum Gasteiger partial charge on any atom is -0.507 e. The molecule has 1 N–H and O–H groups in total. The van der Waals surface area contributed by atoms with Gasteiger partial charge in [-0.2, -0.15) is 0 Å². The van der Waals surface area contributed by atoms with Crippen LogP contribution >= 0.6 is 11.6 Å². The monoisotopic (exact) mass is 645 g/mol. The Bertz CT molecular complexity index is 1990. The molecule has 12 heteroatoms. The third kappa shape index (κ3) is 4.60. The fourth-order valence-corrected chi connectivity index (χ4v) is 6.90. The van der Waals surface area contributed by atoms with Crippen LogP contribution < -0.4 is 20.1 Å². The number of benzene rings is 2. The zero-order valence-electron chi connectivity index (χ0n) is 26.0. The van der Waals surface area contributed by atoms with Crippen molar-refractivity contribution in [3.63, 3.8) is 0 Å². The van der Waals surface area contributed by atoms with Gasteiger partial charge in [0.2, 0.25) is 5.91 Å². The van der Waals surface area contributed by atoms with Crippen LogP contribution in [-0.4, -0.2) is 70.7 Å². The summed E-state index contributed by atoms with van der Waals surface area (Å²) in [6, 6.07) is 9.68. The summed E-state index contributed by atoms with van der Waals surface area (Å²) < 4.78 is 22.4. The van der Waals surface area contributed by atoms with E-state index in [0.29, 0.717) is 22.5 Å². The molecule has 0 bridgehead atoms. The number of rotatable bonds is 5. The van der Waals surface area contributed by atoms with Crippen molar-refractivity contribution in [2.45, 2.75) is 38.8 Å². The molecule has 2 aromatic heterocycles. The summed E-state index contributed by atoms with van der Waals surface area (Å²) in [5.74, 6) is -1.46. The summed E-state index contributed by atoms with van der Waals surface area (Å²) in [5, 5.41) is 11.1. The second kappa shape index (κ2) is 11.5. The van der Waals surface area contributed by atoms with Gasteiger partial charge in [-0.05, 0) is 48.7 Å². The predicted octanol–water partition coefficient (Wildman–Crippen LogP) is 5.25. The number of carbonyl (C=O) groups is 2. The number of pyridine rings is 2. The highest BCUT2D eigenvalue weighted by Gasteiger charge is 2.47. The van der Waals surface area contributed by atoms with Crippen molar-refractivity contribution in [1.82, 2.24) is 14.5 Å². The van der Waals surface area contributed by atoms with Crippen LogP contribution in [0, 0.1) is 5.82 Å². The molecular weight excluding hydrogens is 613 g/mol. The molecule has 0 saturated carbocycles. The molecule has 2 aliphatic heterocycles. The van der Waals surface area contributed by atoms with Crippen LogP contribution in [0.3, 0.4) is 0 Å². The minimum atomic E-state index is -0.810. The van der Waals surface area contributed by atoms with Crippen molar-refractivity contribution in [3.8, 4) is 28.4 Å². The first kappa shape index (κ1) is 31.1. The molecule has 6 rings (SSSR count). The normalized spacial score (nSPS) is 17.7. The lowest BCUT2D eigenvalue weighted by Crippen LogP contribution is -2.66. The van der Waals surface area contributed by atoms with E-state index in [1.165, 1.54) is 47.9 Å². The molecule has 0 unspecified atom stereocenters. The van der Waals surface area contributed by atoms with Crippen LogP contribution in [0.1, 0.15) is 32.3 Å². The van der Waals surface area contributed by atoms with E-state index in [4.69, 9.17) is 21.3 Å². The number of para-hydroxylation sites is 1. The number of carbonyl (C=O) groups excluding carboxylic acids is 2. The molecule has 4 heterocycles. The number of fused-ring (bicyclic) bond motifs is 5. The van der Waals surface area contributed by atoms with Crippen LogP contribution in [0.15, 0.2) is 59.9 Å². The van der Waals surface area contributed by atoms with Crippen molar-refractivity contribution >= 4 is 45.8 Å². The van der Waals surface area contributed by atoms with Crippen molar-refractivity contribution in [3.05, 3.63) is 81.9 Å². The zero-order chi connectivity index (χ0) is 33.2. The van der Waals surface area contributed by atoms with E-state index in [1.807, 2.05) is 37.8 Å². The van der Waals surface area contributed by atoms with Crippen LogP contribution in [-0.2, 0) is 9.59 Å². The van der Waals surface area contributed by atoms with Gasteiger partial charge in [-0.3, -0.25) is 19.0 Å². The third-order valence-electron chi connectivity index (χ3n) is 8.76. The highest BCUT2D eigenvalue weighted by molar-refractivity contribution is 6.34. The Morgan fingerprint density at radius 3 is 2.52 bits per heavy atom. The molecule has 2 aliphatic rings. The summed E-state index contributed by atoms with van der Waals surface area (Å²) in [5.41, 5.74) is 0.978. The number of hydrogen-bond acceptors (Lipinski definition) is 7. The topological polar surface area (TPSA) is 108 Å². The Hall–Kier alpha value is -4.90. The number of halogens is 2. The highest BCUT2D eigenvalue weighted by Crippen LogP contribution is 2.46. The molecule has 4 aromatic rings. The Morgan fingerprint density at radius 1 is 1.15 bits per heavy atom. The summed E-state index contributed by atoms with van der Waals surface area (Å²) >= 11 is 6.85. The average Bonchev–Trinajstić information content (AvgIpc) is 3.02. The van der Waals surface area contributed by atoms with E-state index in [9.17, 15) is 19.5 Å². The molecule has 2 aromatic carbocycles. The summed E-state index contributed by atoms with van der Waals surface area (Å²) in [7, 11) is 3.02. The van der Waals surface area contributed by atoms with Gasteiger partial charge in [0.05, 0.1) is 41.3 Å². The number of anilines is 2. The Balaban J connectivity index is 1.78. The SMILES string of the molecule is C=CC(=O)N1C[C@@H]2C(=O)N(C)c3c(c4cc(Cl)c(-c5c(O)cccc5F)nc4n(-c4c(OC)cccc4C(C)C)c3=O)N2[C@@H](C)C1. The van der Waals surface area contributed by atoms with Gasteiger partial charge >= 0.3 is 0 Å². The first-order valence-electron chi connectivity index (χ1n) is 14.8. The quantitative estimate of drug-likeness (QED) is 0.295. The average molecular weight is 646 g/mol. The third-order valence-corrected chi connectivity index (χ3v) is 9.05. The van der Waals surface area contributed by atoms with E-state index in [2.05, 4.69) is 6.58 Å². The molecule has 10 nitrogen and oxygen atoms in total. The number of methoxy groups -OCH3 is 1. The van der Waals surface area contributed by atoms with Gasteiger partial charge in [0, 0.05) is 25.0 Å². The smallest absolute Gasteiger partial charge is 0.283 e. The van der Waals surface area contributed by atoms with Crippen LogP contribution in [0.5, 0.6) is 11.5 Å². The van der Waals surface area contributed by atoms with Gasteiger partial charge in [0.25, 0.3) is 11.5 Å². The van der Waals surface area contributed by atoms with Gasteiger partial charge in [-0.1, -0.05) is 50.2 Å². The number of amides is 2. The maximum atomic E-state index is 15.2. The number of aromatic hydroxyl groups is 1. The Kier molecular flexibility index (Phi) is 7.76. The van der Waals surface area contributed by atoms with E-state index in [1.54, 1.807) is 17.0 Å². The molecule has 1 saturated heterocycles. The summed E-state index contributed by atoms with van der Waals surface area (Å²) in [6.45, 7) is 9.76. The maximum absolute atomic E-state index is 15.2. The lowest BCUT2D eigenvalue weighted by atomic mass is 9.96. The first-order valence-corrected chi connectivity index (χ1v) is 15.2. The van der Waals surface area contributed by atoms with Crippen LogP contribution in [0.2, 0.25) is 5.02 Å². The second-order valence-corrected chi connectivity index (χ2v) is 12.2. The van der Waals surface area contributed by atoms with Crippen molar-refractivity contribution in [1.29, 1.82) is 0 Å². The van der Waals surface area contributed by atoms with Gasteiger partial charge in [-0.25, -0.2) is 9.37 Å². The molecule has 46 heavy (non-hydrogen) atoms. The number of piperazine rings is 1. The summed E-state index contributed by atoms with van der Waals surface area (Å²) in [6.07, 6.45) is 1.21. The first-order chi connectivity index (χ1) is 21.9. The lowest BCUT2D eigenvalue weighted by molar-refractivity contribution is -0.129. The molecule has 2 atom stereocenters. The predicted molar refractivity (Wildman–Crippen MR) is 176 cm³/mol. The van der Waals surface area contributed by atoms with Gasteiger partial charge < -0.3 is 24.5 Å². The number of hydrogen-bond donors (Lipinski definition) is 1. The van der Waals surface area contributed by atoms with Crippen molar-refractivity contribution < 1.29 is 23.8 Å². The van der Waals surface area contributed by atoms with Gasteiger partial charge in [0.15, 0.2) is 5.65 Å². The Morgan fingerprint density at radius 2 is 1.87 bits per heavy atom. The lowest BCUT2D eigenvalue weighted by Gasteiger charge is -2.50. The van der Waals surface area contributed by atoms with E-state index in [0.717, 1.165) is 5.56 Å².